The first kappa shape index (κ1) is 20.9. The SMILES string of the molecule is CCCCC[C@H](C)NC(=O)c1cccc(S(=O)(=O)NC[C@@H]2CCCO2)c1. The predicted octanol–water partition coefficient (Wildman–Crippen LogP) is 2.84. The zero-order valence-electron chi connectivity index (χ0n) is 15.7. The van der Waals surface area contributed by atoms with Crippen molar-refractivity contribution in [2.45, 2.75) is 69.4 Å². The molecule has 1 fully saturated rings. The lowest BCUT2D eigenvalue weighted by Gasteiger charge is -2.15. The van der Waals surface area contributed by atoms with Gasteiger partial charge >= 0.3 is 0 Å². The van der Waals surface area contributed by atoms with Gasteiger partial charge in [-0.3, -0.25) is 4.79 Å². The van der Waals surface area contributed by atoms with Crippen LogP contribution in [0.4, 0.5) is 0 Å². The smallest absolute Gasteiger partial charge is 0.251 e. The van der Waals surface area contributed by atoms with Gasteiger partial charge in [0.25, 0.3) is 5.91 Å². The maximum Gasteiger partial charge on any atom is 0.251 e. The quantitative estimate of drug-likeness (QED) is 0.610. The Morgan fingerprint density at radius 1 is 1.35 bits per heavy atom. The van der Waals surface area contributed by atoms with Gasteiger partial charge in [-0.25, -0.2) is 13.1 Å². The van der Waals surface area contributed by atoms with Crippen molar-refractivity contribution in [2.75, 3.05) is 13.2 Å². The van der Waals surface area contributed by atoms with Crippen LogP contribution in [0.2, 0.25) is 0 Å². The Balaban J connectivity index is 1.95. The Hall–Kier alpha value is -1.44. The van der Waals surface area contributed by atoms with Crippen LogP contribution in [-0.4, -0.2) is 39.6 Å². The Bertz CT molecular complexity index is 685. The zero-order chi connectivity index (χ0) is 19.0. The van der Waals surface area contributed by atoms with Gasteiger partial charge in [0.05, 0.1) is 11.0 Å². The van der Waals surface area contributed by atoms with E-state index in [1.165, 1.54) is 12.1 Å². The largest absolute Gasteiger partial charge is 0.377 e. The molecule has 2 atom stereocenters. The molecule has 26 heavy (non-hydrogen) atoms. The van der Waals surface area contributed by atoms with Gasteiger partial charge in [0.1, 0.15) is 0 Å². The number of amides is 1. The lowest BCUT2D eigenvalue weighted by Crippen LogP contribution is -2.33. The summed E-state index contributed by atoms with van der Waals surface area (Å²) in [6.07, 6.45) is 6.02. The van der Waals surface area contributed by atoms with E-state index >= 15 is 0 Å². The molecule has 1 heterocycles. The molecule has 0 saturated carbocycles. The lowest BCUT2D eigenvalue weighted by atomic mass is 10.1. The van der Waals surface area contributed by atoms with Gasteiger partial charge in [0, 0.05) is 24.8 Å². The predicted molar refractivity (Wildman–Crippen MR) is 102 cm³/mol. The maximum atomic E-state index is 12.5. The molecule has 0 bridgehead atoms. The van der Waals surface area contributed by atoms with Crippen molar-refractivity contribution in [1.82, 2.24) is 10.0 Å². The maximum absolute atomic E-state index is 12.5. The summed E-state index contributed by atoms with van der Waals surface area (Å²) >= 11 is 0. The monoisotopic (exact) mass is 382 g/mol. The van der Waals surface area contributed by atoms with E-state index in [1.54, 1.807) is 12.1 Å². The highest BCUT2D eigenvalue weighted by atomic mass is 32.2. The number of nitrogens with one attached hydrogen (secondary N) is 2. The molecule has 0 radical (unpaired) electrons. The van der Waals surface area contributed by atoms with Crippen LogP contribution in [0.15, 0.2) is 29.2 Å². The summed E-state index contributed by atoms with van der Waals surface area (Å²) in [5.74, 6) is -0.245. The van der Waals surface area contributed by atoms with Gasteiger partial charge in [-0.05, 0) is 44.4 Å². The minimum absolute atomic E-state index is 0.0620. The van der Waals surface area contributed by atoms with Gasteiger partial charge < -0.3 is 10.1 Å². The van der Waals surface area contributed by atoms with Crippen molar-refractivity contribution in [3.05, 3.63) is 29.8 Å². The standard InChI is InChI=1S/C19H30N2O4S/c1-3-4-5-8-15(2)21-19(22)16-9-6-11-18(13-16)26(23,24)20-14-17-10-7-12-25-17/h6,9,11,13,15,17,20H,3-5,7-8,10,12,14H2,1-2H3,(H,21,22)/t15-,17-/m0/s1. The minimum Gasteiger partial charge on any atom is -0.377 e. The zero-order valence-corrected chi connectivity index (χ0v) is 16.5. The summed E-state index contributed by atoms with van der Waals surface area (Å²) in [5.41, 5.74) is 0.354. The van der Waals surface area contributed by atoms with Crippen molar-refractivity contribution in [3.8, 4) is 0 Å². The molecule has 1 aliphatic rings. The highest BCUT2D eigenvalue weighted by Crippen LogP contribution is 2.15. The molecule has 0 aliphatic carbocycles. The van der Waals surface area contributed by atoms with Gasteiger partial charge in [-0.15, -0.1) is 0 Å². The molecule has 6 nitrogen and oxygen atoms in total. The highest BCUT2D eigenvalue weighted by Gasteiger charge is 2.21. The van der Waals surface area contributed by atoms with E-state index in [9.17, 15) is 13.2 Å². The Morgan fingerprint density at radius 3 is 2.85 bits per heavy atom. The molecule has 0 aromatic heterocycles. The van der Waals surface area contributed by atoms with Gasteiger partial charge in [-0.1, -0.05) is 32.3 Å². The number of rotatable bonds is 10. The molecule has 7 heteroatoms. The van der Waals surface area contributed by atoms with Crippen LogP contribution in [0.1, 0.15) is 62.7 Å². The normalized spacial score (nSPS) is 18.6. The summed E-state index contributed by atoms with van der Waals surface area (Å²) < 4.78 is 32.9. The first-order valence-electron chi connectivity index (χ1n) is 9.44. The molecule has 146 valence electrons. The molecule has 2 N–H and O–H groups in total. The molecule has 1 saturated heterocycles. The number of hydrogen-bond donors (Lipinski definition) is 2. The summed E-state index contributed by atoms with van der Waals surface area (Å²) in [6.45, 7) is 5.05. The molecular formula is C19H30N2O4S. The fourth-order valence-corrected chi connectivity index (χ4v) is 4.09. The number of carbonyl (C=O) groups is 1. The number of unbranched alkanes of at least 4 members (excludes halogenated alkanes) is 2. The van der Waals surface area contributed by atoms with Crippen LogP contribution >= 0.6 is 0 Å². The van der Waals surface area contributed by atoms with E-state index < -0.39 is 10.0 Å². The van der Waals surface area contributed by atoms with E-state index in [1.807, 2.05) is 6.92 Å². The molecule has 2 rings (SSSR count). The number of sulfonamides is 1. The fraction of sp³-hybridized carbons (Fsp3) is 0.632. The Morgan fingerprint density at radius 2 is 2.15 bits per heavy atom. The number of benzene rings is 1. The summed E-state index contributed by atoms with van der Waals surface area (Å²) in [7, 11) is -3.66. The van der Waals surface area contributed by atoms with Crippen LogP contribution in [0, 0.1) is 0 Å². The Labute approximate surface area is 156 Å². The summed E-state index contributed by atoms with van der Waals surface area (Å²) in [6, 6.07) is 6.21. The first-order valence-corrected chi connectivity index (χ1v) is 10.9. The van der Waals surface area contributed by atoms with Gasteiger partial charge in [0.2, 0.25) is 10.0 Å². The number of ether oxygens (including phenoxy) is 1. The summed E-state index contributed by atoms with van der Waals surface area (Å²) in [5, 5.41) is 2.94. The van der Waals surface area contributed by atoms with Crippen molar-refractivity contribution < 1.29 is 17.9 Å². The first-order chi connectivity index (χ1) is 12.4. The average Bonchev–Trinajstić information content (AvgIpc) is 3.14. The van der Waals surface area contributed by atoms with E-state index in [4.69, 9.17) is 4.74 Å². The van der Waals surface area contributed by atoms with Crippen molar-refractivity contribution in [1.29, 1.82) is 0 Å². The molecule has 0 unspecified atom stereocenters. The second kappa shape index (κ2) is 10.0. The molecule has 1 aromatic carbocycles. The topological polar surface area (TPSA) is 84.5 Å². The highest BCUT2D eigenvalue weighted by molar-refractivity contribution is 7.89. The lowest BCUT2D eigenvalue weighted by molar-refractivity contribution is 0.0937. The number of hydrogen-bond acceptors (Lipinski definition) is 4. The third kappa shape index (κ3) is 6.37. The van der Waals surface area contributed by atoms with Crippen molar-refractivity contribution in [2.24, 2.45) is 0 Å². The molecule has 1 aliphatic heterocycles. The third-order valence-electron chi connectivity index (χ3n) is 4.55. The molecule has 1 amide bonds. The van der Waals surface area contributed by atoms with E-state index in [0.717, 1.165) is 38.5 Å². The van der Waals surface area contributed by atoms with Crippen LogP contribution < -0.4 is 10.0 Å². The van der Waals surface area contributed by atoms with Crippen molar-refractivity contribution in [3.63, 3.8) is 0 Å². The minimum atomic E-state index is -3.66. The number of carbonyl (C=O) groups excluding carboxylic acids is 1. The third-order valence-corrected chi connectivity index (χ3v) is 5.97. The van der Waals surface area contributed by atoms with E-state index in [-0.39, 0.29) is 29.5 Å². The van der Waals surface area contributed by atoms with Crippen LogP contribution in [0.25, 0.3) is 0 Å². The van der Waals surface area contributed by atoms with Crippen LogP contribution in [0.5, 0.6) is 0 Å². The fourth-order valence-electron chi connectivity index (χ4n) is 2.98. The van der Waals surface area contributed by atoms with Crippen molar-refractivity contribution >= 4 is 15.9 Å². The molecule has 1 aromatic rings. The van der Waals surface area contributed by atoms with Crippen LogP contribution in [-0.2, 0) is 14.8 Å². The van der Waals surface area contributed by atoms with E-state index in [2.05, 4.69) is 17.0 Å². The summed E-state index contributed by atoms with van der Waals surface area (Å²) in [4.78, 5) is 12.5. The van der Waals surface area contributed by atoms with E-state index in [0.29, 0.717) is 12.2 Å². The Kier molecular flexibility index (Phi) is 8.06. The molecule has 0 spiro atoms. The second-order valence-electron chi connectivity index (χ2n) is 6.89. The average molecular weight is 383 g/mol. The second-order valence-corrected chi connectivity index (χ2v) is 8.65. The van der Waals surface area contributed by atoms with Gasteiger partial charge in [-0.2, -0.15) is 0 Å². The van der Waals surface area contributed by atoms with Gasteiger partial charge in [0.15, 0.2) is 0 Å². The molecular weight excluding hydrogens is 352 g/mol. The van der Waals surface area contributed by atoms with Crippen LogP contribution in [0.3, 0.4) is 0 Å².